The van der Waals surface area contributed by atoms with Gasteiger partial charge < -0.3 is 24.9 Å². The molecule has 2 unspecified atom stereocenters. The smallest absolute Gasteiger partial charge is 0.323 e. The van der Waals surface area contributed by atoms with Gasteiger partial charge in [0.2, 0.25) is 0 Å². The maximum atomic E-state index is 12.2. The number of methoxy groups -OCH3 is 1. The van der Waals surface area contributed by atoms with Crippen LogP contribution in [0, 0.1) is 0 Å². The first-order valence-corrected chi connectivity index (χ1v) is 9.33. The van der Waals surface area contributed by atoms with Crippen LogP contribution < -0.4 is 10.5 Å². The van der Waals surface area contributed by atoms with Crippen LogP contribution in [-0.2, 0) is 20.9 Å². The molecular formula is C22H26N2O4. The third-order valence-electron chi connectivity index (χ3n) is 4.67. The van der Waals surface area contributed by atoms with E-state index >= 15 is 0 Å². The van der Waals surface area contributed by atoms with Crippen molar-refractivity contribution < 1.29 is 19.0 Å². The molecule has 2 atom stereocenters. The molecule has 148 valence electrons. The van der Waals surface area contributed by atoms with Crippen LogP contribution in [0.15, 0.2) is 54.7 Å². The highest BCUT2D eigenvalue weighted by Gasteiger charge is 2.29. The van der Waals surface area contributed by atoms with Gasteiger partial charge in [-0.3, -0.25) is 4.79 Å². The van der Waals surface area contributed by atoms with E-state index in [1.54, 1.807) is 14.0 Å². The van der Waals surface area contributed by atoms with Crippen molar-refractivity contribution in [3.63, 3.8) is 0 Å². The van der Waals surface area contributed by atoms with Crippen molar-refractivity contribution in [2.24, 2.45) is 5.73 Å². The van der Waals surface area contributed by atoms with Crippen molar-refractivity contribution in [2.75, 3.05) is 20.3 Å². The van der Waals surface area contributed by atoms with Gasteiger partial charge in [-0.05, 0) is 36.2 Å². The Bertz CT molecular complexity index is 907. The van der Waals surface area contributed by atoms with E-state index in [0.29, 0.717) is 13.2 Å². The van der Waals surface area contributed by atoms with Crippen molar-refractivity contribution in [3.8, 4) is 5.75 Å². The number of carbonyl (C=O) groups excluding carboxylic acids is 1. The van der Waals surface area contributed by atoms with Gasteiger partial charge in [-0.2, -0.15) is 0 Å². The largest absolute Gasteiger partial charge is 0.489 e. The van der Waals surface area contributed by atoms with E-state index in [1.807, 2.05) is 54.7 Å². The van der Waals surface area contributed by atoms with Crippen molar-refractivity contribution in [2.45, 2.75) is 25.5 Å². The van der Waals surface area contributed by atoms with Crippen LogP contribution in [0.25, 0.3) is 10.9 Å². The van der Waals surface area contributed by atoms with Gasteiger partial charge in [0.25, 0.3) is 0 Å². The van der Waals surface area contributed by atoms with Crippen molar-refractivity contribution in [3.05, 3.63) is 65.9 Å². The van der Waals surface area contributed by atoms with E-state index in [9.17, 15) is 4.79 Å². The molecule has 0 saturated heterocycles. The second kappa shape index (κ2) is 9.39. The summed E-state index contributed by atoms with van der Waals surface area (Å²) in [5.41, 5.74) is 9.13. The molecule has 28 heavy (non-hydrogen) atoms. The van der Waals surface area contributed by atoms with Crippen LogP contribution >= 0.6 is 0 Å². The summed E-state index contributed by atoms with van der Waals surface area (Å²) in [5.74, 6) is -0.0179. The molecular weight excluding hydrogens is 356 g/mol. The van der Waals surface area contributed by atoms with Crippen LogP contribution in [0.3, 0.4) is 0 Å². The summed E-state index contributed by atoms with van der Waals surface area (Å²) in [7, 11) is 1.59. The zero-order valence-electron chi connectivity index (χ0n) is 16.2. The third-order valence-corrected chi connectivity index (χ3v) is 4.67. The fourth-order valence-electron chi connectivity index (χ4n) is 3.23. The number of benzene rings is 2. The zero-order chi connectivity index (χ0) is 19.9. The zero-order valence-corrected chi connectivity index (χ0v) is 16.2. The number of rotatable bonds is 9. The van der Waals surface area contributed by atoms with Crippen molar-refractivity contribution >= 4 is 16.9 Å². The molecule has 0 spiro atoms. The van der Waals surface area contributed by atoms with E-state index in [0.717, 1.165) is 27.8 Å². The fourth-order valence-corrected chi connectivity index (χ4v) is 3.23. The highest BCUT2D eigenvalue weighted by Crippen LogP contribution is 2.31. The van der Waals surface area contributed by atoms with Gasteiger partial charge in [0, 0.05) is 30.1 Å². The Balaban J connectivity index is 1.86. The van der Waals surface area contributed by atoms with Crippen molar-refractivity contribution in [1.82, 2.24) is 4.98 Å². The van der Waals surface area contributed by atoms with Gasteiger partial charge in [-0.15, -0.1) is 0 Å². The lowest BCUT2D eigenvalue weighted by Crippen LogP contribution is -2.40. The number of hydrogen-bond acceptors (Lipinski definition) is 5. The number of nitrogens with one attached hydrogen (secondary N) is 1. The van der Waals surface area contributed by atoms with Gasteiger partial charge in [0.05, 0.1) is 13.2 Å². The van der Waals surface area contributed by atoms with Crippen LogP contribution in [0.4, 0.5) is 0 Å². The number of aromatic nitrogens is 1. The molecule has 0 radical (unpaired) electrons. The standard InChI is InChI=1S/C22H26N2O4/c1-3-27-22(25)21(23)19(14-26-2)18-12-24-20-10-9-16(11-17(18)20)28-13-15-7-5-4-6-8-15/h4-12,19,21,24H,3,13-14,23H2,1-2H3. The Labute approximate surface area is 164 Å². The summed E-state index contributed by atoms with van der Waals surface area (Å²) in [5, 5.41) is 0.951. The van der Waals surface area contributed by atoms with Gasteiger partial charge in [-0.25, -0.2) is 0 Å². The molecule has 3 aromatic rings. The summed E-state index contributed by atoms with van der Waals surface area (Å²) in [6.45, 7) is 2.84. The average molecular weight is 382 g/mol. The highest BCUT2D eigenvalue weighted by molar-refractivity contribution is 5.87. The molecule has 0 fully saturated rings. The minimum absolute atomic E-state index is 0.289. The molecule has 6 heteroatoms. The minimum Gasteiger partial charge on any atom is -0.489 e. The maximum Gasteiger partial charge on any atom is 0.323 e. The van der Waals surface area contributed by atoms with E-state index in [4.69, 9.17) is 19.9 Å². The predicted molar refractivity (Wildman–Crippen MR) is 108 cm³/mol. The number of hydrogen-bond donors (Lipinski definition) is 2. The third kappa shape index (κ3) is 4.52. The lowest BCUT2D eigenvalue weighted by atomic mass is 9.92. The molecule has 0 saturated carbocycles. The van der Waals surface area contributed by atoms with Crippen LogP contribution in [0.5, 0.6) is 5.75 Å². The Morgan fingerprint density at radius 1 is 1.18 bits per heavy atom. The summed E-state index contributed by atoms with van der Waals surface area (Å²) in [6.07, 6.45) is 1.87. The molecule has 1 aromatic heterocycles. The van der Waals surface area contributed by atoms with Gasteiger partial charge in [-0.1, -0.05) is 30.3 Å². The van der Waals surface area contributed by atoms with Crippen LogP contribution in [-0.4, -0.2) is 37.3 Å². The fraction of sp³-hybridized carbons (Fsp3) is 0.318. The second-order valence-corrected chi connectivity index (χ2v) is 6.57. The molecule has 1 heterocycles. The molecule has 0 bridgehead atoms. The van der Waals surface area contributed by atoms with E-state index in [2.05, 4.69) is 4.98 Å². The molecule has 0 aliphatic carbocycles. The van der Waals surface area contributed by atoms with Gasteiger partial charge in [0.1, 0.15) is 18.4 Å². The number of esters is 1. The van der Waals surface area contributed by atoms with E-state index in [1.165, 1.54) is 0 Å². The lowest BCUT2D eigenvalue weighted by Gasteiger charge is -2.21. The number of ether oxygens (including phenoxy) is 3. The summed E-state index contributed by atoms with van der Waals surface area (Å²) < 4.78 is 16.4. The minimum atomic E-state index is -0.812. The number of nitrogens with two attached hydrogens (primary N) is 1. The van der Waals surface area contributed by atoms with E-state index < -0.39 is 12.0 Å². The number of H-pyrrole nitrogens is 1. The predicted octanol–water partition coefficient (Wildman–Crippen LogP) is 3.37. The average Bonchev–Trinajstić information content (AvgIpc) is 3.14. The Morgan fingerprint density at radius 2 is 1.96 bits per heavy atom. The monoisotopic (exact) mass is 382 g/mol. The van der Waals surface area contributed by atoms with Crippen molar-refractivity contribution in [1.29, 1.82) is 0 Å². The maximum absolute atomic E-state index is 12.2. The first-order chi connectivity index (χ1) is 13.6. The molecule has 0 aliphatic heterocycles. The van der Waals surface area contributed by atoms with E-state index in [-0.39, 0.29) is 12.5 Å². The number of fused-ring (bicyclic) bond motifs is 1. The Hall–Kier alpha value is -2.83. The second-order valence-electron chi connectivity index (χ2n) is 6.57. The topological polar surface area (TPSA) is 86.6 Å². The quantitative estimate of drug-likeness (QED) is 0.554. The first-order valence-electron chi connectivity index (χ1n) is 9.33. The molecule has 2 aromatic carbocycles. The Kier molecular flexibility index (Phi) is 6.68. The molecule has 3 rings (SSSR count). The summed E-state index contributed by atoms with van der Waals surface area (Å²) in [4.78, 5) is 15.4. The molecule has 3 N–H and O–H groups in total. The Morgan fingerprint density at radius 3 is 2.68 bits per heavy atom. The molecule has 0 amide bonds. The summed E-state index contributed by atoms with van der Waals surface area (Å²) >= 11 is 0. The van der Waals surface area contributed by atoms with Crippen LogP contribution in [0.2, 0.25) is 0 Å². The summed E-state index contributed by atoms with van der Waals surface area (Å²) in [6, 6.07) is 15.0. The normalized spacial score (nSPS) is 13.2. The SMILES string of the molecule is CCOC(=O)C(N)C(COC)c1c[nH]c2ccc(OCc3ccccc3)cc12. The van der Waals surface area contributed by atoms with Gasteiger partial charge in [0.15, 0.2) is 0 Å². The number of aromatic amines is 1. The lowest BCUT2D eigenvalue weighted by molar-refractivity contribution is -0.145. The van der Waals surface area contributed by atoms with Gasteiger partial charge >= 0.3 is 5.97 Å². The first kappa shape index (κ1) is 19.9. The van der Waals surface area contributed by atoms with Crippen LogP contribution in [0.1, 0.15) is 24.0 Å². The molecule has 0 aliphatic rings. The highest BCUT2D eigenvalue weighted by atomic mass is 16.5. The number of carbonyl (C=O) groups is 1. The molecule has 6 nitrogen and oxygen atoms in total.